The highest BCUT2D eigenvalue weighted by atomic mass is 32.2. The molecule has 2 rings (SSSR count). The van der Waals surface area contributed by atoms with Gasteiger partial charge in [0.05, 0.1) is 24.1 Å². The Morgan fingerprint density at radius 2 is 1.85 bits per heavy atom. The number of benzene rings is 2. The number of hydrogen-bond acceptors (Lipinski definition) is 4. The third kappa shape index (κ3) is 4.98. The summed E-state index contributed by atoms with van der Waals surface area (Å²) in [4.78, 5) is 12.4. The zero-order valence-corrected chi connectivity index (χ0v) is 16.3. The minimum Gasteiger partial charge on any atom is -0.491 e. The summed E-state index contributed by atoms with van der Waals surface area (Å²) in [5.74, 6) is 0.433. The smallest absolute Gasteiger partial charge is 0.253 e. The summed E-state index contributed by atoms with van der Waals surface area (Å²) >= 11 is 0. The van der Waals surface area contributed by atoms with E-state index < -0.39 is 10.0 Å². The Kier molecular flexibility index (Phi) is 6.26. The number of para-hydroxylation sites is 1. The van der Waals surface area contributed by atoms with Crippen LogP contribution >= 0.6 is 0 Å². The van der Waals surface area contributed by atoms with Gasteiger partial charge in [0.1, 0.15) is 12.4 Å². The molecule has 6 nitrogen and oxygen atoms in total. The van der Waals surface area contributed by atoms with Crippen molar-refractivity contribution in [2.75, 3.05) is 30.8 Å². The second-order valence-electron chi connectivity index (χ2n) is 6.12. The van der Waals surface area contributed by atoms with E-state index >= 15 is 0 Å². The van der Waals surface area contributed by atoms with Gasteiger partial charge in [0.2, 0.25) is 10.0 Å². The van der Waals surface area contributed by atoms with E-state index in [9.17, 15) is 13.2 Å². The molecule has 2 aromatic carbocycles. The van der Waals surface area contributed by atoms with Gasteiger partial charge in [0, 0.05) is 7.05 Å². The second-order valence-corrected chi connectivity index (χ2v) is 8.13. The molecule has 0 aromatic heterocycles. The Hall–Kier alpha value is -2.54. The van der Waals surface area contributed by atoms with Gasteiger partial charge in [-0.3, -0.25) is 9.10 Å². The number of carbonyl (C=O) groups is 1. The molecule has 1 amide bonds. The average molecular weight is 376 g/mol. The normalized spacial score (nSPS) is 11.1. The van der Waals surface area contributed by atoms with Crippen LogP contribution in [0.1, 0.15) is 21.5 Å². The third-order valence-electron chi connectivity index (χ3n) is 3.96. The molecular weight excluding hydrogens is 352 g/mol. The monoisotopic (exact) mass is 376 g/mol. The lowest BCUT2D eigenvalue weighted by Crippen LogP contribution is -2.31. The molecule has 140 valence electrons. The molecular formula is C19H24N2O4S. The minimum absolute atomic E-state index is 0.298. The van der Waals surface area contributed by atoms with Crippen LogP contribution in [0.5, 0.6) is 5.75 Å². The van der Waals surface area contributed by atoms with Gasteiger partial charge in [-0.05, 0) is 37.6 Å². The van der Waals surface area contributed by atoms with E-state index in [4.69, 9.17) is 4.74 Å². The van der Waals surface area contributed by atoms with Gasteiger partial charge in [-0.15, -0.1) is 0 Å². The lowest BCUT2D eigenvalue weighted by Gasteiger charge is -2.19. The quantitative estimate of drug-likeness (QED) is 0.754. The van der Waals surface area contributed by atoms with Crippen LogP contribution in [0.2, 0.25) is 0 Å². The van der Waals surface area contributed by atoms with Crippen LogP contribution in [-0.2, 0) is 10.0 Å². The number of nitrogens with one attached hydrogen (secondary N) is 1. The molecule has 0 atom stereocenters. The first-order chi connectivity index (χ1) is 12.2. The largest absolute Gasteiger partial charge is 0.491 e. The molecule has 0 aliphatic rings. The Labute approximate surface area is 154 Å². The van der Waals surface area contributed by atoms with Crippen LogP contribution in [-0.4, -0.2) is 40.8 Å². The Balaban J connectivity index is 1.98. The van der Waals surface area contributed by atoms with Crippen LogP contribution in [0.3, 0.4) is 0 Å². The van der Waals surface area contributed by atoms with Crippen molar-refractivity contribution in [3.05, 3.63) is 59.2 Å². The third-order valence-corrected chi connectivity index (χ3v) is 5.15. The van der Waals surface area contributed by atoms with E-state index in [1.807, 2.05) is 32.0 Å². The lowest BCUT2D eigenvalue weighted by molar-refractivity contribution is 0.0947. The van der Waals surface area contributed by atoms with Gasteiger partial charge in [0.15, 0.2) is 0 Å². The highest BCUT2D eigenvalue weighted by Gasteiger charge is 2.19. The van der Waals surface area contributed by atoms with E-state index in [0.29, 0.717) is 24.4 Å². The van der Waals surface area contributed by atoms with E-state index in [0.717, 1.165) is 27.4 Å². The van der Waals surface area contributed by atoms with Crippen molar-refractivity contribution in [3.8, 4) is 5.75 Å². The van der Waals surface area contributed by atoms with Crippen molar-refractivity contribution >= 4 is 21.6 Å². The number of ether oxygens (including phenoxy) is 1. The van der Waals surface area contributed by atoms with E-state index in [1.54, 1.807) is 24.3 Å². The fraction of sp³-hybridized carbons (Fsp3) is 0.316. The molecule has 0 saturated heterocycles. The van der Waals surface area contributed by atoms with Crippen molar-refractivity contribution in [1.29, 1.82) is 0 Å². The van der Waals surface area contributed by atoms with Crippen LogP contribution < -0.4 is 14.4 Å². The molecule has 0 unspecified atom stereocenters. The van der Waals surface area contributed by atoms with Crippen molar-refractivity contribution in [2.24, 2.45) is 0 Å². The number of sulfonamides is 1. The summed E-state index contributed by atoms with van der Waals surface area (Å²) in [5, 5.41) is 2.76. The van der Waals surface area contributed by atoms with E-state index in [2.05, 4.69) is 5.32 Å². The van der Waals surface area contributed by atoms with E-state index in [1.165, 1.54) is 7.05 Å². The summed E-state index contributed by atoms with van der Waals surface area (Å²) in [6.45, 7) is 4.61. The summed E-state index contributed by atoms with van der Waals surface area (Å²) in [7, 11) is -2.03. The maximum atomic E-state index is 12.4. The molecule has 0 bridgehead atoms. The lowest BCUT2D eigenvalue weighted by atomic mass is 10.1. The molecule has 1 N–H and O–H groups in total. The van der Waals surface area contributed by atoms with E-state index in [-0.39, 0.29) is 5.91 Å². The molecule has 0 saturated carbocycles. The molecule has 0 fully saturated rings. The number of aryl methyl sites for hydroxylation is 2. The molecule has 7 heteroatoms. The first-order valence-corrected chi connectivity index (χ1v) is 10.1. The van der Waals surface area contributed by atoms with Gasteiger partial charge in [-0.25, -0.2) is 8.42 Å². The SMILES string of the molecule is Cc1ccc(OCCNC(=O)c2ccccc2N(C)S(C)(=O)=O)c(C)c1. The zero-order chi connectivity index (χ0) is 19.3. The van der Waals surface area contributed by atoms with Crippen LogP contribution in [0.15, 0.2) is 42.5 Å². The maximum absolute atomic E-state index is 12.4. The maximum Gasteiger partial charge on any atom is 0.253 e. The van der Waals surface area contributed by atoms with Crippen molar-refractivity contribution < 1.29 is 17.9 Å². The molecule has 0 spiro atoms. The van der Waals surface area contributed by atoms with Crippen molar-refractivity contribution in [1.82, 2.24) is 5.32 Å². The summed E-state index contributed by atoms with van der Waals surface area (Å²) < 4.78 is 30.3. The Morgan fingerprint density at radius 1 is 1.15 bits per heavy atom. The fourth-order valence-electron chi connectivity index (χ4n) is 2.50. The minimum atomic E-state index is -3.45. The van der Waals surface area contributed by atoms with Gasteiger partial charge >= 0.3 is 0 Å². The standard InChI is InChI=1S/C19H24N2O4S/c1-14-9-10-18(15(2)13-14)25-12-11-20-19(22)16-7-5-6-8-17(16)21(3)26(4,23)24/h5-10,13H,11-12H2,1-4H3,(H,20,22). The second kappa shape index (κ2) is 8.23. The summed E-state index contributed by atoms with van der Waals surface area (Å²) in [6, 6.07) is 12.5. The zero-order valence-electron chi connectivity index (χ0n) is 15.4. The van der Waals surface area contributed by atoms with Gasteiger partial charge in [0.25, 0.3) is 5.91 Å². The average Bonchev–Trinajstić information content (AvgIpc) is 2.58. The first-order valence-electron chi connectivity index (χ1n) is 8.21. The predicted octanol–water partition coefficient (Wildman–Crippen LogP) is 2.51. The molecule has 2 aromatic rings. The first kappa shape index (κ1) is 19.8. The fourth-order valence-corrected chi connectivity index (χ4v) is 3.02. The van der Waals surface area contributed by atoms with Gasteiger partial charge < -0.3 is 10.1 Å². The Bertz CT molecular complexity index is 894. The predicted molar refractivity (Wildman–Crippen MR) is 103 cm³/mol. The number of hydrogen-bond donors (Lipinski definition) is 1. The molecule has 26 heavy (non-hydrogen) atoms. The topological polar surface area (TPSA) is 75.7 Å². The summed E-state index contributed by atoms with van der Waals surface area (Å²) in [6.07, 6.45) is 1.10. The van der Waals surface area contributed by atoms with Crippen LogP contribution in [0, 0.1) is 13.8 Å². The molecule has 0 radical (unpaired) electrons. The van der Waals surface area contributed by atoms with Crippen molar-refractivity contribution in [3.63, 3.8) is 0 Å². The highest BCUT2D eigenvalue weighted by Crippen LogP contribution is 2.21. The number of anilines is 1. The van der Waals surface area contributed by atoms with Crippen LogP contribution in [0.4, 0.5) is 5.69 Å². The number of amides is 1. The highest BCUT2D eigenvalue weighted by molar-refractivity contribution is 7.92. The molecule has 0 aliphatic carbocycles. The number of nitrogens with zero attached hydrogens (tertiary/aromatic N) is 1. The van der Waals surface area contributed by atoms with Crippen LogP contribution in [0.25, 0.3) is 0 Å². The summed E-state index contributed by atoms with van der Waals surface area (Å²) in [5.41, 5.74) is 2.83. The Morgan fingerprint density at radius 3 is 2.50 bits per heavy atom. The van der Waals surface area contributed by atoms with Crippen molar-refractivity contribution in [2.45, 2.75) is 13.8 Å². The van der Waals surface area contributed by atoms with Gasteiger partial charge in [-0.2, -0.15) is 0 Å². The number of carbonyl (C=O) groups excluding carboxylic acids is 1. The molecule has 0 heterocycles. The number of rotatable bonds is 7. The molecule has 0 aliphatic heterocycles. The van der Waals surface area contributed by atoms with Gasteiger partial charge in [-0.1, -0.05) is 29.8 Å².